The number of nitrogens with zero attached hydrogens (tertiary/aromatic N) is 1. The van der Waals surface area contributed by atoms with Crippen LogP contribution in [0, 0.1) is 18.3 Å². The van der Waals surface area contributed by atoms with Crippen molar-refractivity contribution in [3.05, 3.63) is 81.2 Å². The minimum atomic E-state index is -0.253. The van der Waals surface area contributed by atoms with Crippen LogP contribution in [-0.4, -0.2) is 18.4 Å². The first-order valence-electron chi connectivity index (χ1n) is 10.6. The average Bonchev–Trinajstić information content (AvgIpc) is 3.38. The predicted octanol–water partition coefficient (Wildman–Crippen LogP) is 4.40. The van der Waals surface area contributed by atoms with Crippen LogP contribution in [-0.2, 0) is 24.2 Å². The maximum Gasteiger partial charge on any atom is 0.253 e. The molecule has 0 atom stereocenters. The van der Waals surface area contributed by atoms with Gasteiger partial charge in [0.05, 0.1) is 17.7 Å². The number of thiophene rings is 1. The molecule has 0 fully saturated rings. The van der Waals surface area contributed by atoms with Crippen LogP contribution in [0.3, 0.4) is 0 Å². The SMILES string of the molecule is Cc1ccc(CNC(=O)c2ccccc2NCC(=O)Nc2sc3c(c2C#N)CCC3)cc1. The van der Waals surface area contributed by atoms with Crippen LogP contribution in [0.1, 0.15) is 43.9 Å². The van der Waals surface area contributed by atoms with Gasteiger partial charge in [0.1, 0.15) is 11.1 Å². The smallest absolute Gasteiger partial charge is 0.253 e. The molecule has 2 amide bonds. The Morgan fingerprint density at radius 2 is 1.88 bits per heavy atom. The Hall–Kier alpha value is -3.63. The summed E-state index contributed by atoms with van der Waals surface area (Å²) in [5.74, 6) is -0.466. The molecule has 0 aliphatic heterocycles. The second-order valence-electron chi connectivity index (χ2n) is 7.79. The van der Waals surface area contributed by atoms with Gasteiger partial charge in [0.15, 0.2) is 0 Å². The first-order chi connectivity index (χ1) is 15.5. The number of hydrogen-bond acceptors (Lipinski definition) is 5. The summed E-state index contributed by atoms with van der Waals surface area (Å²) in [6.07, 6.45) is 2.93. The molecule has 4 rings (SSSR count). The van der Waals surface area contributed by atoms with Gasteiger partial charge >= 0.3 is 0 Å². The molecule has 0 saturated carbocycles. The molecule has 162 valence electrons. The molecular formula is C25H24N4O2S. The van der Waals surface area contributed by atoms with Crippen molar-refractivity contribution >= 4 is 33.8 Å². The van der Waals surface area contributed by atoms with E-state index in [9.17, 15) is 14.9 Å². The number of anilines is 2. The largest absolute Gasteiger partial charge is 0.376 e. The molecule has 3 N–H and O–H groups in total. The summed E-state index contributed by atoms with van der Waals surface area (Å²) in [7, 11) is 0. The van der Waals surface area contributed by atoms with Gasteiger partial charge < -0.3 is 16.0 Å². The van der Waals surface area contributed by atoms with E-state index in [0.29, 0.717) is 28.4 Å². The highest BCUT2D eigenvalue weighted by Crippen LogP contribution is 2.38. The van der Waals surface area contributed by atoms with Crippen LogP contribution in [0.4, 0.5) is 10.7 Å². The van der Waals surface area contributed by atoms with Crippen LogP contribution in [0.2, 0.25) is 0 Å². The molecular weight excluding hydrogens is 420 g/mol. The summed E-state index contributed by atoms with van der Waals surface area (Å²) in [6.45, 7) is 2.44. The topological polar surface area (TPSA) is 94.0 Å². The van der Waals surface area contributed by atoms with E-state index in [1.165, 1.54) is 21.8 Å². The van der Waals surface area contributed by atoms with Crippen LogP contribution in [0.5, 0.6) is 0 Å². The standard InChI is InChI=1S/C25H24N4O2S/c1-16-9-11-17(12-10-16)14-28-24(31)19-5-2-3-7-21(19)27-15-23(30)29-25-20(13-26)18-6-4-8-22(18)32-25/h2-3,5,7,9-12,27H,4,6,8,14-15H2,1H3,(H,28,31)(H,29,30). The molecule has 1 aliphatic rings. The molecule has 1 aromatic heterocycles. The lowest BCUT2D eigenvalue weighted by atomic mass is 10.1. The molecule has 2 aromatic carbocycles. The van der Waals surface area contributed by atoms with E-state index in [2.05, 4.69) is 22.0 Å². The highest BCUT2D eigenvalue weighted by Gasteiger charge is 2.23. The fourth-order valence-corrected chi connectivity index (χ4v) is 5.03. The van der Waals surface area contributed by atoms with E-state index < -0.39 is 0 Å². The van der Waals surface area contributed by atoms with E-state index >= 15 is 0 Å². The van der Waals surface area contributed by atoms with Gasteiger partial charge in [-0.2, -0.15) is 5.26 Å². The lowest BCUT2D eigenvalue weighted by molar-refractivity contribution is -0.114. The Morgan fingerprint density at radius 1 is 1.09 bits per heavy atom. The van der Waals surface area contributed by atoms with Crippen molar-refractivity contribution in [3.8, 4) is 6.07 Å². The van der Waals surface area contributed by atoms with Gasteiger partial charge in [0.2, 0.25) is 5.91 Å². The van der Waals surface area contributed by atoms with Crippen molar-refractivity contribution in [2.24, 2.45) is 0 Å². The number of rotatable bonds is 7. The highest BCUT2D eigenvalue weighted by atomic mass is 32.1. The van der Waals surface area contributed by atoms with Gasteiger partial charge in [-0.1, -0.05) is 42.0 Å². The molecule has 0 bridgehead atoms. The summed E-state index contributed by atoms with van der Waals surface area (Å²) in [6, 6.07) is 17.3. The zero-order chi connectivity index (χ0) is 22.5. The van der Waals surface area contributed by atoms with E-state index in [4.69, 9.17) is 0 Å². The maximum atomic E-state index is 12.7. The van der Waals surface area contributed by atoms with Crippen molar-refractivity contribution < 1.29 is 9.59 Å². The van der Waals surface area contributed by atoms with E-state index in [-0.39, 0.29) is 18.4 Å². The Kier molecular flexibility index (Phi) is 6.52. The Labute approximate surface area is 191 Å². The third-order valence-corrected chi connectivity index (χ3v) is 6.68. The van der Waals surface area contributed by atoms with Crippen molar-refractivity contribution in [1.82, 2.24) is 5.32 Å². The third kappa shape index (κ3) is 4.82. The quantitative estimate of drug-likeness (QED) is 0.504. The normalized spacial score (nSPS) is 12.0. The number of hydrogen-bond donors (Lipinski definition) is 3. The monoisotopic (exact) mass is 444 g/mol. The number of aryl methyl sites for hydroxylation is 2. The lowest BCUT2D eigenvalue weighted by Gasteiger charge is -2.12. The zero-order valence-corrected chi connectivity index (χ0v) is 18.6. The molecule has 3 aromatic rings. The molecule has 0 spiro atoms. The minimum absolute atomic E-state index is 0.00428. The Morgan fingerprint density at radius 3 is 2.66 bits per heavy atom. The molecule has 1 heterocycles. The minimum Gasteiger partial charge on any atom is -0.376 e. The zero-order valence-electron chi connectivity index (χ0n) is 17.8. The number of carbonyl (C=O) groups excluding carboxylic acids is 2. The average molecular weight is 445 g/mol. The summed E-state index contributed by atoms with van der Waals surface area (Å²) in [5.41, 5.74) is 4.91. The number of nitriles is 1. The Bertz CT molecular complexity index is 1190. The van der Waals surface area contributed by atoms with Gasteiger partial charge in [0.25, 0.3) is 5.91 Å². The van der Waals surface area contributed by atoms with Gasteiger partial charge in [-0.05, 0) is 49.4 Å². The van der Waals surface area contributed by atoms with Crippen LogP contribution in [0.25, 0.3) is 0 Å². The fraction of sp³-hybridized carbons (Fsp3) is 0.240. The van der Waals surface area contributed by atoms with Gasteiger partial charge in [-0.3, -0.25) is 9.59 Å². The number of amides is 2. The number of nitrogens with one attached hydrogen (secondary N) is 3. The molecule has 6 nitrogen and oxygen atoms in total. The van der Waals surface area contributed by atoms with Gasteiger partial charge in [-0.25, -0.2) is 0 Å². The molecule has 0 unspecified atom stereocenters. The molecule has 7 heteroatoms. The second-order valence-corrected chi connectivity index (χ2v) is 8.89. The fourth-order valence-electron chi connectivity index (χ4n) is 3.78. The number of fused-ring (bicyclic) bond motifs is 1. The predicted molar refractivity (Wildman–Crippen MR) is 127 cm³/mol. The van der Waals surface area contributed by atoms with Crippen molar-refractivity contribution in [2.75, 3.05) is 17.2 Å². The van der Waals surface area contributed by atoms with E-state index in [1.54, 1.807) is 18.2 Å². The van der Waals surface area contributed by atoms with E-state index in [0.717, 1.165) is 30.4 Å². The van der Waals surface area contributed by atoms with Crippen LogP contribution < -0.4 is 16.0 Å². The number of carbonyl (C=O) groups is 2. The number of benzene rings is 2. The first-order valence-corrected chi connectivity index (χ1v) is 11.4. The highest BCUT2D eigenvalue weighted by molar-refractivity contribution is 7.16. The number of para-hydroxylation sites is 1. The molecule has 0 radical (unpaired) electrons. The molecule has 32 heavy (non-hydrogen) atoms. The van der Waals surface area contributed by atoms with Gasteiger partial charge in [-0.15, -0.1) is 11.3 Å². The van der Waals surface area contributed by atoms with Crippen LogP contribution in [0.15, 0.2) is 48.5 Å². The molecule has 0 saturated heterocycles. The first kappa shape index (κ1) is 21.6. The van der Waals surface area contributed by atoms with Crippen molar-refractivity contribution in [3.63, 3.8) is 0 Å². The summed E-state index contributed by atoms with van der Waals surface area (Å²) in [4.78, 5) is 26.4. The van der Waals surface area contributed by atoms with E-state index in [1.807, 2.05) is 37.3 Å². The van der Waals surface area contributed by atoms with Crippen LogP contribution >= 0.6 is 11.3 Å². The summed E-state index contributed by atoms with van der Waals surface area (Å²) in [5, 5.41) is 18.9. The maximum absolute atomic E-state index is 12.7. The molecule has 1 aliphatic carbocycles. The summed E-state index contributed by atoms with van der Waals surface area (Å²) >= 11 is 1.49. The summed E-state index contributed by atoms with van der Waals surface area (Å²) < 4.78 is 0. The third-order valence-electron chi connectivity index (χ3n) is 5.47. The van der Waals surface area contributed by atoms with Crippen molar-refractivity contribution in [2.45, 2.75) is 32.7 Å². The second kappa shape index (κ2) is 9.67. The van der Waals surface area contributed by atoms with Crippen molar-refractivity contribution in [1.29, 1.82) is 5.26 Å². The lowest BCUT2D eigenvalue weighted by Crippen LogP contribution is -2.26. The van der Waals surface area contributed by atoms with Gasteiger partial charge in [0, 0.05) is 17.1 Å². The Balaban J connectivity index is 1.37.